The fraction of sp³-hybridized carbons (Fsp3) is 0.0769. The van der Waals surface area contributed by atoms with Crippen LogP contribution in [0.1, 0.15) is 11.1 Å². The van der Waals surface area contributed by atoms with E-state index >= 15 is 0 Å². The van der Waals surface area contributed by atoms with Gasteiger partial charge in [-0.15, -0.1) is 0 Å². The zero-order valence-electron chi connectivity index (χ0n) is 9.56. The fourth-order valence-corrected chi connectivity index (χ4v) is 1.73. The van der Waals surface area contributed by atoms with Crippen molar-refractivity contribution in [3.63, 3.8) is 0 Å². The Morgan fingerprint density at radius 2 is 2.22 bits per heavy atom. The Morgan fingerprint density at radius 1 is 1.39 bits per heavy atom. The molecule has 0 atom stereocenters. The number of ether oxygens (including phenoxy) is 1. The van der Waals surface area contributed by atoms with Crippen LogP contribution in [-0.4, -0.2) is 10.8 Å². The molecule has 2 aromatic rings. The largest absolute Gasteiger partial charge is 0.489 e. The molecule has 0 radical (unpaired) electrons. The van der Waals surface area contributed by atoms with Crippen LogP contribution in [0.2, 0.25) is 5.02 Å². The summed E-state index contributed by atoms with van der Waals surface area (Å²) < 4.78 is 5.57. The summed E-state index contributed by atoms with van der Waals surface area (Å²) in [5, 5.41) is 7.74. The Hall–Kier alpha value is -2.07. The number of benzene rings is 1. The van der Waals surface area contributed by atoms with Gasteiger partial charge in [0.25, 0.3) is 0 Å². The third-order valence-corrected chi connectivity index (χ3v) is 2.67. The molecule has 0 aliphatic carbocycles. The Morgan fingerprint density at radius 3 is 2.83 bits per heavy atom. The highest BCUT2D eigenvalue weighted by Crippen LogP contribution is 2.22. The van der Waals surface area contributed by atoms with E-state index in [1.54, 1.807) is 30.6 Å². The summed E-state index contributed by atoms with van der Waals surface area (Å²) in [6.07, 6.45) is 3.45. The second-order valence-electron chi connectivity index (χ2n) is 3.71. The van der Waals surface area contributed by atoms with Gasteiger partial charge in [0, 0.05) is 23.5 Å². The average Bonchev–Trinajstić information content (AvgIpc) is 2.37. The number of nitrogens with one attached hydrogen (secondary N) is 1. The number of hydrogen-bond acceptors (Lipinski definition) is 3. The van der Waals surface area contributed by atoms with E-state index in [0.717, 1.165) is 5.56 Å². The normalized spacial score (nSPS) is 10.1. The van der Waals surface area contributed by atoms with Crippen LogP contribution in [0.25, 0.3) is 0 Å². The molecule has 18 heavy (non-hydrogen) atoms. The number of halogens is 1. The molecule has 4 nitrogen and oxygen atoms in total. The van der Waals surface area contributed by atoms with E-state index in [1.807, 2.05) is 12.1 Å². The molecular weight excluding hydrogens is 250 g/mol. The molecule has 3 N–H and O–H groups in total. The minimum atomic E-state index is -0.0567. The molecule has 0 bridgehead atoms. The van der Waals surface area contributed by atoms with Gasteiger partial charge < -0.3 is 10.5 Å². The van der Waals surface area contributed by atoms with Crippen molar-refractivity contribution in [2.75, 3.05) is 0 Å². The SMILES string of the molecule is N=C(N)c1ccc(OCc2cccnc2)cc1Cl. The summed E-state index contributed by atoms with van der Waals surface area (Å²) >= 11 is 5.99. The molecule has 1 aromatic carbocycles. The summed E-state index contributed by atoms with van der Waals surface area (Å²) in [7, 11) is 0. The molecule has 0 unspecified atom stereocenters. The smallest absolute Gasteiger partial charge is 0.124 e. The van der Waals surface area contributed by atoms with E-state index in [4.69, 9.17) is 27.5 Å². The van der Waals surface area contributed by atoms with Crippen molar-refractivity contribution >= 4 is 17.4 Å². The van der Waals surface area contributed by atoms with Gasteiger partial charge in [-0.25, -0.2) is 0 Å². The topological polar surface area (TPSA) is 72.0 Å². The number of pyridine rings is 1. The maximum absolute atomic E-state index is 7.33. The Labute approximate surface area is 110 Å². The van der Waals surface area contributed by atoms with Gasteiger partial charge in [-0.05, 0) is 24.3 Å². The Balaban J connectivity index is 2.07. The van der Waals surface area contributed by atoms with Gasteiger partial charge in [0.05, 0.1) is 5.02 Å². The first-order valence-electron chi connectivity index (χ1n) is 5.32. The monoisotopic (exact) mass is 261 g/mol. The number of hydrogen-bond donors (Lipinski definition) is 2. The first kappa shape index (κ1) is 12.4. The van der Waals surface area contributed by atoms with E-state index in [-0.39, 0.29) is 5.84 Å². The Bertz CT molecular complexity index is 557. The number of rotatable bonds is 4. The summed E-state index contributed by atoms with van der Waals surface area (Å²) in [5.41, 5.74) is 6.86. The van der Waals surface area contributed by atoms with Gasteiger partial charge in [-0.3, -0.25) is 10.4 Å². The summed E-state index contributed by atoms with van der Waals surface area (Å²) in [5.74, 6) is 0.577. The minimum Gasteiger partial charge on any atom is -0.489 e. The molecule has 0 saturated heterocycles. The maximum Gasteiger partial charge on any atom is 0.124 e. The van der Waals surface area contributed by atoms with Crippen LogP contribution < -0.4 is 10.5 Å². The minimum absolute atomic E-state index is 0.0567. The van der Waals surface area contributed by atoms with Gasteiger partial charge in [0.1, 0.15) is 18.2 Å². The molecule has 5 heteroatoms. The molecule has 0 spiro atoms. The third-order valence-electron chi connectivity index (χ3n) is 2.36. The van der Waals surface area contributed by atoms with Crippen LogP contribution in [0.5, 0.6) is 5.75 Å². The molecule has 0 fully saturated rings. The number of nitrogens with zero attached hydrogens (tertiary/aromatic N) is 1. The molecular formula is C13H12ClN3O. The van der Waals surface area contributed by atoms with Crippen molar-refractivity contribution in [3.05, 3.63) is 58.9 Å². The first-order chi connectivity index (χ1) is 8.66. The number of amidine groups is 1. The van der Waals surface area contributed by atoms with E-state index in [0.29, 0.717) is 22.9 Å². The zero-order chi connectivity index (χ0) is 13.0. The number of nitrogen functional groups attached to an aromatic ring is 1. The zero-order valence-corrected chi connectivity index (χ0v) is 10.3. The van der Waals surface area contributed by atoms with Gasteiger partial charge in [0.2, 0.25) is 0 Å². The van der Waals surface area contributed by atoms with Crippen molar-refractivity contribution in [2.45, 2.75) is 6.61 Å². The lowest BCUT2D eigenvalue weighted by atomic mass is 10.2. The van der Waals surface area contributed by atoms with Crippen molar-refractivity contribution in [1.29, 1.82) is 5.41 Å². The van der Waals surface area contributed by atoms with Crippen LogP contribution in [-0.2, 0) is 6.61 Å². The lowest BCUT2D eigenvalue weighted by molar-refractivity contribution is 0.306. The lowest BCUT2D eigenvalue weighted by Gasteiger charge is -2.08. The Kier molecular flexibility index (Phi) is 3.79. The maximum atomic E-state index is 7.33. The highest BCUT2D eigenvalue weighted by Gasteiger charge is 2.05. The molecule has 0 amide bonds. The van der Waals surface area contributed by atoms with Gasteiger partial charge in [0.15, 0.2) is 0 Å². The van der Waals surface area contributed by atoms with Crippen LogP contribution in [0, 0.1) is 5.41 Å². The van der Waals surface area contributed by atoms with Crippen LogP contribution in [0.3, 0.4) is 0 Å². The molecule has 2 rings (SSSR count). The average molecular weight is 262 g/mol. The second kappa shape index (κ2) is 5.51. The lowest BCUT2D eigenvalue weighted by Crippen LogP contribution is -2.11. The van der Waals surface area contributed by atoms with Crippen molar-refractivity contribution in [2.24, 2.45) is 5.73 Å². The van der Waals surface area contributed by atoms with Crippen molar-refractivity contribution in [1.82, 2.24) is 4.98 Å². The summed E-state index contributed by atoms with van der Waals surface area (Å²) in [6, 6.07) is 8.83. The standard InChI is InChI=1S/C13H12ClN3O/c14-12-6-10(3-4-11(12)13(15)16)18-8-9-2-1-5-17-7-9/h1-7H,8H2,(H3,15,16). The van der Waals surface area contributed by atoms with Crippen LogP contribution in [0.4, 0.5) is 0 Å². The highest BCUT2D eigenvalue weighted by atomic mass is 35.5. The van der Waals surface area contributed by atoms with Gasteiger partial charge in [-0.2, -0.15) is 0 Å². The molecule has 0 aliphatic rings. The van der Waals surface area contributed by atoms with E-state index in [2.05, 4.69) is 4.98 Å². The first-order valence-corrected chi connectivity index (χ1v) is 5.70. The van der Waals surface area contributed by atoms with E-state index in [1.165, 1.54) is 0 Å². The predicted molar refractivity (Wildman–Crippen MR) is 71.0 cm³/mol. The van der Waals surface area contributed by atoms with E-state index in [9.17, 15) is 0 Å². The molecule has 1 heterocycles. The van der Waals surface area contributed by atoms with Crippen LogP contribution >= 0.6 is 11.6 Å². The van der Waals surface area contributed by atoms with Crippen molar-refractivity contribution in [3.8, 4) is 5.75 Å². The summed E-state index contributed by atoms with van der Waals surface area (Å²) in [4.78, 5) is 4.00. The van der Waals surface area contributed by atoms with Gasteiger partial charge in [-0.1, -0.05) is 17.7 Å². The van der Waals surface area contributed by atoms with Crippen LogP contribution in [0.15, 0.2) is 42.7 Å². The summed E-state index contributed by atoms with van der Waals surface area (Å²) in [6.45, 7) is 0.420. The number of nitrogens with two attached hydrogens (primary N) is 1. The van der Waals surface area contributed by atoms with Crippen molar-refractivity contribution < 1.29 is 4.74 Å². The molecule has 0 aliphatic heterocycles. The third kappa shape index (κ3) is 2.99. The molecule has 0 saturated carbocycles. The quantitative estimate of drug-likeness (QED) is 0.656. The highest BCUT2D eigenvalue weighted by molar-refractivity contribution is 6.34. The predicted octanol–water partition coefficient (Wildman–Crippen LogP) is 2.60. The second-order valence-corrected chi connectivity index (χ2v) is 4.11. The van der Waals surface area contributed by atoms with E-state index < -0.39 is 0 Å². The number of aromatic nitrogens is 1. The molecule has 92 valence electrons. The molecule has 1 aromatic heterocycles. The van der Waals surface area contributed by atoms with Gasteiger partial charge >= 0.3 is 0 Å². The fourth-order valence-electron chi connectivity index (χ4n) is 1.45.